The van der Waals surface area contributed by atoms with Crippen molar-refractivity contribution in [3.8, 4) is 11.5 Å². The molecule has 0 aromatic heterocycles. The molecule has 2 aromatic rings. The van der Waals surface area contributed by atoms with E-state index in [1.165, 1.54) is 26.2 Å². The van der Waals surface area contributed by atoms with Crippen molar-refractivity contribution in [1.82, 2.24) is 5.32 Å². The zero-order chi connectivity index (χ0) is 20.5. The van der Waals surface area contributed by atoms with Crippen LogP contribution in [-0.4, -0.2) is 30.3 Å². The van der Waals surface area contributed by atoms with Crippen LogP contribution in [0.2, 0.25) is 0 Å². The molecule has 0 aliphatic heterocycles. The molecule has 0 saturated carbocycles. The van der Waals surface area contributed by atoms with Gasteiger partial charge in [-0.25, -0.2) is 0 Å². The first-order valence-electron chi connectivity index (χ1n) is 8.73. The summed E-state index contributed by atoms with van der Waals surface area (Å²) in [4.78, 5) is 34.1. The molecule has 2 aromatic carbocycles. The van der Waals surface area contributed by atoms with Crippen molar-refractivity contribution in [2.24, 2.45) is 0 Å². The maximum absolute atomic E-state index is 11.9. The number of nitro groups is 1. The molecular formula is C20H22N2O6. The molecule has 0 heterocycles. The Morgan fingerprint density at radius 1 is 1.14 bits per heavy atom. The normalized spacial score (nSPS) is 10.2. The minimum atomic E-state index is -0.639. The van der Waals surface area contributed by atoms with Gasteiger partial charge in [0.1, 0.15) is 0 Å². The second-order valence-corrected chi connectivity index (χ2v) is 6.05. The Balaban J connectivity index is 1.89. The Bertz CT molecular complexity index is 851. The lowest BCUT2D eigenvalue weighted by Gasteiger charge is -2.12. The second kappa shape index (κ2) is 10.1. The number of nitrogens with zero attached hydrogens (tertiary/aromatic N) is 1. The molecule has 0 aliphatic rings. The van der Waals surface area contributed by atoms with Crippen LogP contribution in [0.15, 0.2) is 42.5 Å². The van der Waals surface area contributed by atoms with Crippen molar-refractivity contribution < 1.29 is 24.0 Å². The fraction of sp³-hybridized carbons (Fsp3) is 0.300. The van der Waals surface area contributed by atoms with Crippen LogP contribution in [0, 0.1) is 10.1 Å². The standard InChI is InChI=1S/C20H22N2O6/c1-14(23)16-11-18(27-2)19(12-17(16)22(25)26)28-10-6-9-20(24)21-13-15-7-4-3-5-8-15/h3-5,7-8,11-12H,6,9-10,13H2,1-2H3,(H,21,24). The van der Waals surface area contributed by atoms with E-state index in [9.17, 15) is 19.7 Å². The monoisotopic (exact) mass is 386 g/mol. The van der Waals surface area contributed by atoms with Crippen LogP contribution in [0.3, 0.4) is 0 Å². The van der Waals surface area contributed by atoms with Gasteiger partial charge in [-0.15, -0.1) is 0 Å². The number of rotatable bonds is 10. The smallest absolute Gasteiger partial charge is 0.284 e. The van der Waals surface area contributed by atoms with E-state index in [2.05, 4.69) is 5.32 Å². The Morgan fingerprint density at radius 2 is 1.86 bits per heavy atom. The molecule has 0 aliphatic carbocycles. The van der Waals surface area contributed by atoms with Crippen LogP contribution in [0.5, 0.6) is 11.5 Å². The lowest BCUT2D eigenvalue weighted by Crippen LogP contribution is -2.22. The minimum absolute atomic E-state index is 0.0468. The highest BCUT2D eigenvalue weighted by molar-refractivity contribution is 5.98. The number of nitrogens with one attached hydrogen (secondary N) is 1. The molecule has 148 valence electrons. The van der Waals surface area contributed by atoms with Gasteiger partial charge in [0.2, 0.25) is 5.91 Å². The number of hydrogen-bond acceptors (Lipinski definition) is 6. The van der Waals surface area contributed by atoms with Crippen molar-refractivity contribution in [3.63, 3.8) is 0 Å². The van der Waals surface area contributed by atoms with E-state index in [0.29, 0.717) is 13.0 Å². The van der Waals surface area contributed by atoms with Crippen molar-refractivity contribution in [2.75, 3.05) is 13.7 Å². The average Bonchev–Trinajstić information content (AvgIpc) is 2.69. The number of ether oxygens (including phenoxy) is 2. The molecule has 8 heteroatoms. The Kier molecular flexibility index (Phi) is 7.50. The fourth-order valence-electron chi connectivity index (χ4n) is 2.55. The third kappa shape index (κ3) is 5.80. The molecule has 0 spiro atoms. The van der Waals surface area contributed by atoms with E-state index in [0.717, 1.165) is 5.56 Å². The van der Waals surface area contributed by atoms with Gasteiger partial charge in [-0.05, 0) is 18.9 Å². The third-order valence-electron chi connectivity index (χ3n) is 4.00. The number of ketones is 1. The van der Waals surface area contributed by atoms with Gasteiger partial charge in [0.05, 0.1) is 30.3 Å². The number of hydrogen-bond donors (Lipinski definition) is 1. The lowest BCUT2D eigenvalue weighted by molar-refractivity contribution is -0.385. The zero-order valence-corrected chi connectivity index (χ0v) is 15.8. The van der Waals surface area contributed by atoms with Crippen LogP contribution in [-0.2, 0) is 11.3 Å². The number of amides is 1. The van der Waals surface area contributed by atoms with Gasteiger partial charge in [0.25, 0.3) is 5.69 Å². The number of carbonyl (C=O) groups is 2. The molecule has 0 atom stereocenters. The maximum atomic E-state index is 11.9. The SMILES string of the molecule is COc1cc(C(C)=O)c([N+](=O)[O-])cc1OCCCC(=O)NCc1ccccc1. The van der Waals surface area contributed by atoms with Gasteiger partial charge in [0.15, 0.2) is 17.3 Å². The van der Waals surface area contributed by atoms with Crippen LogP contribution in [0.4, 0.5) is 5.69 Å². The second-order valence-electron chi connectivity index (χ2n) is 6.05. The van der Waals surface area contributed by atoms with Crippen LogP contribution >= 0.6 is 0 Å². The topological polar surface area (TPSA) is 108 Å². The summed E-state index contributed by atoms with van der Waals surface area (Å²) < 4.78 is 10.7. The van der Waals surface area contributed by atoms with E-state index in [1.54, 1.807) is 0 Å². The third-order valence-corrected chi connectivity index (χ3v) is 4.00. The van der Waals surface area contributed by atoms with E-state index < -0.39 is 10.7 Å². The van der Waals surface area contributed by atoms with Crippen molar-refractivity contribution in [3.05, 3.63) is 63.7 Å². The highest BCUT2D eigenvalue weighted by Gasteiger charge is 2.22. The number of methoxy groups -OCH3 is 1. The van der Waals surface area contributed by atoms with E-state index in [-0.39, 0.29) is 41.7 Å². The van der Waals surface area contributed by atoms with Crippen LogP contribution in [0.1, 0.15) is 35.7 Å². The summed E-state index contributed by atoms with van der Waals surface area (Å²) in [5.41, 5.74) is 0.619. The van der Waals surface area contributed by atoms with Gasteiger partial charge < -0.3 is 14.8 Å². The van der Waals surface area contributed by atoms with Crippen LogP contribution in [0.25, 0.3) is 0 Å². The summed E-state index contributed by atoms with van der Waals surface area (Å²) in [5.74, 6) is -0.169. The Morgan fingerprint density at radius 3 is 2.46 bits per heavy atom. The summed E-state index contributed by atoms with van der Waals surface area (Å²) in [5, 5.41) is 14.0. The molecule has 1 N–H and O–H groups in total. The average molecular weight is 386 g/mol. The molecule has 0 radical (unpaired) electrons. The molecule has 2 rings (SSSR count). The maximum Gasteiger partial charge on any atom is 0.284 e. The molecule has 0 fully saturated rings. The molecule has 0 saturated heterocycles. The quantitative estimate of drug-likeness (QED) is 0.291. The summed E-state index contributed by atoms with van der Waals surface area (Å²) in [6, 6.07) is 12.0. The zero-order valence-electron chi connectivity index (χ0n) is 15.8. The molecule has 8 nitrogen and oxygen atoms in total. The predicted octanol–water partition coefficient (Wildman–Crippen LogP) is 3.28. The summed E-state index contributed by atoms with van der Waals surface area (Å²) in [6.07, 6.45) is 0.675. The summed E-state index contributed by atoms with van der Waals surface area (Å²) >= 11 is 0. The summed E-state index contributed by atoms with van der Waals surface area (Å²) in [6.45, 7) is 1.87. The number of nitro benzene ring substituents is 1. The van der Waals surface area contributed by atoms with Gasteiger partial charge in [0, 0.05) is 19.0 Å². The van der Waals surface area contributed by atoms with Crippen molar-refractivity contribution in [1.29, 1.82) is 0 Å². The van der Waals surface area contributed by atoms with Gasteiger partial charge >= 0.3 is 0 Å². The molecule has 28 heavy (non-hydrogen) atoms. The van der Waals surface area contributed by atoms with E-state index in [1.807, 2.05) is 30.3 Å². The van der Waals surface area contributed by atoms with Gasteiger partial charge in [-0.2, -0.15) is 0 Å². The molecule has 0 unspecified atom stereocenters. The van der Waals surface area contributed by atoms with Crippen LogP contribution < -0.4 is 14.8 Å². The molecular weight excluding hydrogens is 364 g/mol. The fourth-order valence-corrected chi connectivity index (χ4v) is 2.55. The van der Waals surface area contributed by atoms with Gasteiger partial charge in [-0.1, -0.05) is 30.3 Å². The van der Waals surface area contributed by atoms with Crippen molar-refractivity contribution in [2.45, 2.75) is 26.3 Å². The number of carbonyl (C=O) groups excluding carboxylic acids is 2. The lowest BCUT2D eigenvalue weighted by atomic mass is 10.1. The van der Waals surface area contributed by atoms with Gasteiger partial charge in [-0.3, -0.25) is 19.7 Å². The molecule has 0 bridgehead atoms. The first kappa shape index (κ1) is 20.9. The van der Waals surface area contributed by atoms with Crippen molar-refractivity contribution >= 4 is 17.4 Å². The Labute approximate surface area is 162 Å². The first-order chi connectivity index (χ1) is 13.4. The van der Waals surface area contributed by atoms with E-state index in [4.69, 9.17) is 9.47 Å². The predicted molar refractivity (Wildman–Crippen MR) is 103 cm³/mol. The summed E-state index contributed by atoms with van der Waals surface area (Å²) in [7, 11) is 1.38. The first-order valence-corrected chi connectivity index (χ1v) is 8.73. The number of Topliss-reactive ketones (excluding diaryl/α,β-unsaturated/α-hetero) is 1. The van der Waals surface area contributed by atoms with E-state index >= 15 is 0 Å². The molecule has 1 amide bonds. The Hall–Kier alpha value is -3.42. The highest BCUT2D eigenvalue weighted by Crippen LogP contribution is 2.35. The highest BCUT2D eigenvalue weighted by atomic mass is 16.6. The minimum Gasteiger partial charge on any atom is -0.493 e. The number of benzene rings is 2. The largest absolute Gasteiger partial charge is 0.493 e.